The van der Waals surface area contributed by atoms with Gasteiger partial charge in [0.05, 0.1) is 17.3 Å². The van der Waals surface area contributed by atoms with Gasteiger partial charge in [-0.25, -0.2) is 0 Å². The maximum atomic E-state index is 11.0. The topological polar surface area (TPSA) is 29.5 Å². The van der Waals surface area contributed by atoms with Crippen LogP contribution in [0.15, 0.2) is 21.5 Å². The van der Waals surface area contributed by atoms with Crippen molar-refractivity contribution >= 4 is 39.7 Å². The fourth-order valence-corrected chi connectivity index (χ4v) is 3.63. The minimum absolute atomic E-state index is 0.112. The number of benzene rings is 1. The van der Waals surface area contributed by atoms with Gasteiger partial charge >= 0.3 is 0 Å². The number of anilines is 1. The molecule has 0 aromatic heterocycles. The number of likely N-dealkylation sites (N-methyl/N-ethyl adjacent to an activating group) is 1. The van der Waals surface area contributed by atoms with Crippen molar-refractivity contribution in [2.45, 2.75) is 17.2 Å². The maximum absolute atomic E-state index is 11.0. The van der Waals surface area contributed by atoms with Crippen molar-refractivity contribution in [3.8, 4) is 5.75 Å². The average molecular weight is 302 g/mol. The number of methoxy groups -OCH3 is 1. The highest BCUT2D eigenvalue weighted by molar-refractivity contribution is 9.10. The number of carbonyl (C=O) groups excluding carboxylic acids is 1. The van der Waals surface area contributed by atoms with Gasteiger partial charge in [0.25, 0.3) is 0 Å². The third-order valence-corrected chi connectivity index (χ3v) is 4.36. The molecule has 16 heavy (non-hydrogen) atoms. The largest absolute Gasteiger partial charge is 0.495 e. The normalized spacial score (nSPS) is 18.4. The van der Waals surface area contributed by atoms with Crippen LogP contribution in [-0.2, 0) is 4.79 Å². The van der Waals surface area contributed by atoms with Gasteiger partial charge in [-0.2, -0.15) is 0 Å². The summed E-state index contributed by atoms with van der Waals surface area (Å²) in [6, 6.07) is 3.98. The Bertz CT molecular complexity index is 425. The van der Waals surface area contributed by atoms with Crippen LogP contribution in [-0.4, -0.2) is 25.3 Å². The molecule has 1 aromatic rings. The number of nitrogens with zero attached hydrogens (tertiary/aromatic N) is 1. The minimum Gasteiger partial charge on any atom is -0.495 e. The molecule has 0 bridgehead atoms. The van der Waals surface area contributed by atoms with Crippen LogP contribution in [0.25, 0.3) is 0 Å². The standard InChI is InChI=1S/C11H12BrNO2S/c1-3-13-8-5-9(15-2)7(12)4-10(8)16-11(13)6-14/h4-6,11H,3H2,1-2H3. The molecule has 1 aromatic carbocycles. The number of fused-ring (bicyclic) bond motifs is 1. The third kappa shape index (κ3) is 1.82. The van der Waals surface area contributed by atoms with Crippen LogP contribution in [0.2, 0.25) is 0 Å². The first-order chi connectivity index (χ1) is 7.71. The molecular weight excluding hydrogens is 290 g/mol. The van der Waals surface area contributed by atoms with E-state index in [9.17, 15) is 4.79 Å². The van der Waals surface area contributed by atoms with Crippen LogP contribution in [0.1, 0.15) is 6.92 Å². The summed E-state index contributed by atoms with van der Waals surface area (Å²) in [5.74, 6) is 0.796. The first-order valence-electron chi connectivity index (χ1n) is 4.97. The molecule has 3 nitrogen and oxygen atoms in total. The molecule has 0 spiro atoms. The van der Waals surface area contributed by atoms with Gasteiger partial charge in [0.1, 0.15) is 11.1 Å². The van der Waals surface area contributed by atoms with Gasteiger partial charge in [0, 0.05) is 17.5 Å². The van der Waals surface area contributed by atoms with Crippen molar-refractivity contribution in [1.82, 2.24) is 0 Å². The Kier molecular flexibility index (Phi) is 3.44. The average Bonchev–Trinajstić information content (AvgIpc) is 2.64. The fourth-order valence-electron chi connectivity index (χ4n) is 1.78. The summed E-state index contributed by atoms with van der Waals surface area (Å²) in [7, 11) is 1.64. The van der Waals surface area contributed by atoms with E-state index in [0.29, 0.717) is 0 Å². The van der Waals surface area contributed by atoms with Gasteiger partial charge < -0.3 is 14.4 Å². The van der Waals surface area contributed by atoms with Gasteiger partial charge in [-0.15, -0.1) is 0 Å². The minimum atomic E-state index is -0.112. The van der Waals surface area contributed by atoms with Gasteiger partial charge in [-0.1, -0.05) is 11.8 Å². The number of carbonyl (C=O) groups is 1. The Morgan fingerprint density at radius 1 is 1.62 bits per heavy atom. The second kappa shape index (κ2) is 4.67. The van der Waals surface area contributed by atoms with E-state index >= 15 is 0 Å². The smallest absolute Gasteiger partial charge is 0.153 e. The van der Waals surface area contributed by atoms with Crippen LogP contribution in [0.3, 0.4) is 0 Å². The number of ether oxygens (including phenoxy) is 1. The molecule has 0 fully saturated rings. The molecule has 0 amide bonds. The Labute approximate surface area is 107 Å². The molecule has 1 unspecified atom stereocenters. The lowest BCUT2D eigenvalue weighted by molar-refractivity contribution is -0.107. The van der Waals surface area contributed by atoms with E-state index in [4.69, 9.17) is 4.74 Å². The highest BCUT2D eigenvalue weighted by Crippen LogP contribution is 2.46. The second-order valence-electron chi connectivity index (χ2n) is 3.38. The Morgan fingerprint density at radius 2 is 2.38 bits per heavy atom. The van der Waals surface area contributed by atoms with Crippen molar-refractivity contribution in [2.24, 2.45) is 0 Å². The molecule has 1 aliphatic rings. The third-order valence-electron chi connectivity index (χ3n) is 2.55. The summed E-state index contributed by atoms with van der Waals surface area (Å²) in [6.45, 7) is 2.86. The monoisotopic (exact) mass is 301 g/mol. The number of rotatable bonds is 3. The molecule has 0 radical (unpaired) electrons. The molecule has 0 N–H and O–H groups in total. The second-order valence-corrected chi connectivity index (χ2v) is 5.40. The van der Waals surface area contributed by atoms with Crippen LogP contribution < -0.4 is 9.64 Å². The van der Waals surface area contributed by atoms with Gasteiger partial charge in [-0.05, 0) is 28.9 Å². The molecule has 0 saturated heterocycles. The fraction of sp³-hybridized carbons (Fsp3) is 0.364. The van der Waals surface area contributed by atoms with E-state index < -0.39 is 0 Å². The van der Waals surface area contributed by atoms with E-state index in [2.05, 4.69) is 20.8 Å². The van der Waals surface area contributed by atoms with Crippen molar-refractivity contribution in [3.63, 3.8) is 0 Å². The van der Waals surface area contributed by atoms with E-state index in [1.807, 2.05) is 19.1 Å². The van der Waals surface area contributed by atoms with Gasteiger partial charge in [-0.3, -0.25) is 0 Å². The first kappa shape index (κ1) is 11.8. The number of aldehydes is 1. The zero-order chi connectivity index (χ0) is 11.7. The molecule has 1 atom stereocenters. The summed E-state index contributed by atoms with van der Waals surface area (Å²) in [6.07, 6.45) is 0.981. The summed E-state index contributed by atoms with van der Waals surface area (Å²) in [4.78, 5) is 14.2. The molecule has 0 aliphatic carbocycles. The molecule has 1 aliphatic heterocycles. The van der Waals surface area contributed by atoms with Crippen LogP contribution >= 0.6 is 27.7 Å². The number of halogens is 1. The van der Waals surface area contributed by atoms with Crippen molar-refractivity contribution in [2.75, 3.05) is 18.6 Å². The summed E-state index contributed by atoms with van der Waals surface area (Å²) in [5.41, 5.74) is 1.07. The lowest BCUT2D eigenvalue weighted by atomic mass is 10.2. The van der Waals surface area contributed by atoms with E-state index in [1.165, 1.54) is 0 Å². The summed E-state index contributed by atoms with van der Waals surface area (Å²) < 4.78 is 6.18. The summed E-state index contributed by atoms with van der Waals surface area (Å²) in [5, 5.41) is -0.112. The van der Waals surface area contributed by atoms with Crippen LogP contribution in [0.5, 0.6) is 5.75 Å². The lowest BCUT2D eigenvalue weighted by Crippen LogP contribution is -2.29. The van der Waals surface area contributed by atoms with Crippen LogP contribution in [0.4, 0.5) is 5.69 Å². The number of thioether (sulfide) groups is 1. The lowest BCUT2D eigenvalue weighted by Gasteiger charge is -2.20. The first-order valence-corrected chi connectivity index (χ1v) is 6.64. The Balaban J connectivity index is 2.47. The summed E-state index contributed by atoms with van der Waals surface area (Å²) >= 11 is 5.02. The number of hydrogen-bond acceptors (Lipinski definition) is 4. The van der Waals surface area contributed by atoms with E-state index in [-0.39, 0.29) is 5.37 Å². The molecular formula is C11H12BrNO2S. The molecule has 0 saturated carbocycles. The number of hydrogen-bond donors (Lipinski definition) is 0. The quantitative estimate of drug-likeness (QED) is 0.803. The predicted molar refractivity (Wildman–Crippen MR) is 69.4 cm³/mol. The highest BCUT2D eigenvalue weighted by atomic mass is 79.9. The van der Waals surface area contributed by atoms with Crippen LogP contribution in [0, 0.1) is 0 Å². The molecule has 5 heteroatoms. The maximum Gasteiger partial charge on any atom is 0.153 e. The molecule has 1 heterocycles. The molecule has 2 rings (SSSR count). The van der Waals surface area contributed by atoms with Gasteiger partial charge in [0.2, 0.25) is 0 Å². The van der Waals surface area contributed by atoms with E-state index in [1.54, 1.807) is 18.9 Å². The molecule has 86 valence electrons. The van der Waals surface area contributed by atoms with Gasteiger partial charge in [0.15, 0.2) is 6.29 Å². The predicted octanol–water partition coefficient (Wildman–Crippen LogP) is 2.91. The van der Waals surface area contributed by atoms with Crippen molar-refractivity contribution in [3.05, 3.63) is 16.6 Å². The van der Waals surface area contributed by atoms with E-state index in [0.717, 1.165) is 33.6 Å². The van der Waals surface area contributed by atoms with Crippen molar-refractivity contribution < 1.29 is 9.53 Å². The Morgan fingerprint density at radius 3 is 2.94 bits per heavy atom. The van der Waals surface area contributed by atoms with Crippen molar-refractivity contribution in [1.29, 1.82) is 0 Å². The zero-order valence-corrected chi connectivity index (χ0v) is 11.5. The highest BCUT2D eigenvalue weighted by Gasteiger charge is 2.29. The zero-order valence-electron chi connectivity index (χ0n) is 9.07. The Hall–Kier alpha value is -0.680. The SMILES string of the molecule is CCN1c2cc(OC)c(Br)cc2SC1C=O.